The predicted molar refractivity (Wildman–Crippen MR) is 103 cm³/mol. The summed E-state index contributed by atoms with van der Waals surface area (Å²) in [5, 5.41) is 9.86. The van der Waals surface area contributed by atoms with Crippen molar-refractivity contribution < 1.29 is 18.8 Å². The second-order valence-corrected chi connectivity index (χ2v) is 5.77. The van der Waals surface area contributed by atoms with Gasteiger partial charge in [-0.2, -0.15) is 4.98 Å². The zero-order chi connectivity index (χ0) is 19.9. The average Bonchev–Trinajstić information content (AvgIpc) is 3.20. The number of benzene rings is 1. The van der Waals surface area contributed by atoms with Crippen molar-refractivity contribution in [2.75, 3.05) is 33.2 Å². The van der Waals surface area contributed by atoms with Crippen LogP contribution in [-0.2, 0) is 11.2 Å². The van der Waals surface area contributed by atoms with Gasteiger partial charge in [-0.05, 0) is 18.2 Å². The fourth-order valence-corrected chi connectivity index (χ4v) is 2.65. The Labute approximate surface area is 162 Å². The highest BCUT2D eigenvalue weighted by Crippen LogP contribution is 2.37. The summed E-state index contributed by atoms with van der Waals surface area (Å²) in [7, 11) is 4.74. The van der Waals surface area contributed by atoms with Gasteiger partial charge in [0, 0.05) is 26.6 Å². The molecule has 0 radical (unpaired) electrons. The number of anilines is 2. The topological polar surface area (TPSA) is 111 Å². The Balaban J connectivity index is 1.95. The molecule has 3 aromatic rings. The highest BCUT2D eigenvalue weighted by atomic mass is 16.5. The number of nitrogens with one attached hydrogen (secondary N) is 2. The van der Waals surface area contributed by atoms with Crippen LogP contribution in [0.1, 0.15) is 16.2 Å². The lowest BCUT2D eigenvalue weighted by Crippen LogP contribution is -2.19. The lowest BCUT2D eigenvalue weighted by molar-refractivity contribution is 0.0963. The molecule has 1 aromatic carbocycles. The molecule has 0 bridgehead atoms. The molecule has 0 aliphatic heterocycles. The summed E-state index contributed by atoms with van der Waals surface area (Å²) in [4.78, 5) is 20.5. The number of hydrogen-bond acceptors (Lipinski definition) is 8. The Morgan fingerprint density at radius 2 is 2.07 bits per heavy atom. The first kappa shape index (κ1) is 19.3. The summed E-state index contributed by atoms with van der Waals surface area (Å²) in [6.07, 6.45) is 3.63. The quantitative estimate of drug-likeness (QED) is 0.610. The first-order valence-corrected chi connectivity index (χ1v) is 8.60. The van der Waals surface area contributed by atoms with Crippen molar-refractivity contribution in [3.05, 3.63) is 48.1 Å². The van der Waals surface area contributed by atoms with Crippen molar-refractivity contribution in [1.29, 1.82) is 0 Å². The Hall–Kier alpha value is -3.46. The first-order valence-electron chi connectivity index (χ1n) is 8.60. The summed E-state index contributed by atoms with van der Waals surface area (Å²) in [5.41, 5.74) is 2.33. The van der Waals surface area contributed by atoms with Crippen molar-refractivity contribution in [2.45, 2.75) is 6.42 Å². The van der Waals surface area contributed by atoms with Crippen LogP contribution in [0.4, 0.5) is 11.4 Å². The van der Waals surface area contributed by atoms with Gasteiger partial charge in [0.25, 0.3) is 5.91 Å². The summed E-state index contributed by atoms with van der Waals surface area (Å²) >= 11 is 0. The van der Waals surface area contributed by atoms with Crippen LogP contribution in [0.15, 0.2) is 41.2 Å². The number of ether oxygens (including phenoxy) is 2. The molecule has 0 unspecified atom stereocenters. The minimum Gasteiger partial charge on any atom is -0.494 e. The molecule has 0 spiro atoms. The molecule has 2 heterocycles. The first-order chi connectivity index (χ1) is 13.7. The maximum atomic E-state index is 12.1. The highest BCUT2D eigenvalue weighted by molar-refractivity contribution is 6.00. The van der Waals surface area contributed by atoms with E-state index in [1.54, 1.807) is 33.5 Å². The van der Waals surface area contributed by atoms with E-state index >= 15 is 0 Å². The summed E-state index contributed by atoms with van der Waals surface area (Å²) in [6.45, 7) is 0.491. The van der Waals surface area contributed by atoms with E-state index < -0.39 is 0 Å². The average molecular weight is 383 g/mol. The normalized spacial score (nSPS) is 10.5. The monoisotopic (exact) mass is 383 g/mol. The van der Waals surface area contributed by atoms with E-state index in [4.69, 9.17) is 14.0 Å². The van der Waals surface area contributed by atoms with Crippen LogP contribution in [0.5, 0.6) is 5.75 Å². The van der Waals surface area contributed by atoms with Crippen molar-refractivity contribution >= 4 is 17.3 Å². The lowest BCUT2D eigenvalue weighted by atomic mass is 10.1. The standard InChI is InChI=1S/C19H21N5O4/c1-20-19(25)13-11-21-9-7-14(13)22-15-6-4-5-12(17(15)27-3)18-23-16(28-24-18)8-10-26-2/h4-7,9,11H,8,10H2,1-3H3,(H,20,25)(H,21,22). The van der Waals surface area contributed by atoms with Crippen LogP contribution in [0, 0.1) is 0 Å². The summed E-state index contributed by atoms with van der Waals surface area (Å²) < 4.78 is 15.9. The summed E-state index contributed by atoms with van der Waals surface area (Å²) in [6, 6.07) is 7.23. The van der Waals surface area contributed by atoms with Crippen molar-refractivity contribution in [1.82, 2.24) is 20.4 Å². The van der Waals surface area contributed by atoms with Crippen LogP contribution in [-0.4, -0.2) is 48.9 Å². The molecule has 1 amide bonds. The molecule has 0 fully saturated rings. The number of amides is 1. The molecule has 3 rings (SSSR count). The maximum Gasteiger partial charge on any atom is 0.254 e. The number of para-hydroxylation sites is 1. The number of pyridine rings is 1. The molecule has 9 heteroatoms. The van der Waals surface area contributed by atoms with Crippen molar-refractivity contribution in [3.63, 3.8) is 0 Å². The molecular formula is C19H21N5O4. The van der Waals surface area contributed by atoms with Gasteiger partial charge in [0.15, 0.2) is 5.75 Å². The maximum absolute atomic E-state index is 12.1. The van der Waals surface area contributed by atoms with Gasteiger partial charge in [-0.1, -0.05) is 11.2 Å². The fraction of sp³-hybridized carbons (Fsp3) is 0.263. The van der Waals surface area contributed by atoms with Gasteiger partial charge in [0.2, 0.25) is 11.7 Å². The number of hydrogen-bond donors (Lipinski definition) is 2. The number of methoxy groups -OCH3 is 2. The van der Waals surface area contributed by atoms with E-state index in [1.807, 2.05) is 18.2 Å². The van der Waals surface area contributed by atoms with Gasteiger partial charge in [0.05, 0.1) is 42.6 Å². The van der Waals surface area contributed by atoms with Gasteiger partial charge in [-0.15, -0.1) is 0 Å². The zero-order valence-corrected chi connectivity index (χ0v) is 15.9. The number of nitrogens with zero attached hydrogens (tertiary/aromatic N) is 3. The molecule has 0 aliphatic carbocycles. The van der Waals surface area contributed by atoms with Gasteiger partial charge >= 0.3 is 0 Å². The third-order valence-corrected chi connectivity index (χ3v) is 4.01. The van der Waals surface area contributed by atoms with Crippen LogP contribution < -0.4 is 15.4 Å². The zero-order valence-electron chi connectivity index (χ0n) is 15.9. The van der Waals surface area contributed by atoms with E-state index in [2.05, 4.69) is 25.8 Å². The third kappa shape index (κ3) is 4.09. The van der Waals surface area contributed by atoms with E-state index in [0.29, 0.717) is 53.0 Å². The number of carbonyl (C=O) groups is 1. The smallest absolute Gasteiger partial charge is 0.254 e. The molecule has 2 aromatic heterocycles. The van der Waals surface area contributed by atoms with Crippen molar-refractivity contribution in [2.24, 2.45) is 0 Å². The molecule has 9 nitrogen and oxygen atoms in total. The SMILES string of the molecule is CNC(=O)c1cnccc1Nc1cccc(-c2noc(CCOC)n2)c1OC. The van der Waals surface area contributed by atoms with Gasteiger partial charge in [-0.3, -0.25) is 9.78 Å². The highest BCUT2D eigenvalue weighted by Gasteiger charge is 2.18. The second kappa shape index (κ2) is 8.96. The van der Waals surface area contributed by atoms with Crippen LogP contribution in [0.2, 0.25) is 0 Å². The minimum absolute atomic E-state index is 0.244. The summed E-state index contributed by atoms with van der Waals surface area (Å²) in [5.74, 6) is 1.18. The van der Waals surface area contributed by atoms with E-state index in [1.165, 1.54) is 6.20 Å². The second-order valence-electron chi connectivity index (χ2n) is 5.77. The third-order valence-electron chi connectivity index (χ3n) is 4.01. The molecule has 0 atom stereocenters. The molecule has 0 aliphatic rings. The molecule has 0 saturated heterocycles. The van der Waals surface area contributed by atoms with Gasteiger partial charge < -0.3 is 24.6 Å². The van der Waals surface area contributed by atoms with E-state index in [-0.39, 0.29) is 5.91 Å². The van der Waals surface area contributed by atoms with Gasteiger partial charge in [0.1, 0.15) is 0 Å². The molecule has 146 valence electrons. The lowest BCUT2D eigenvalue weighted by Gasteiger charge is -2.15. The van der Waals surface area contributed by atoms with Crippen molar-refractivity contribution in [3.8, 4) is 17.1 Å². The number of carbonyl (C=O) groups excluding carboxylic acids is 1. The van der Waals surface area contributed by atoms with E-state index in [9.17, 15) is 4.79 Å². The Kier molecular flexibility index (Phi) is 6.18. The molecule has 2 N–H and O–H groups in total. The number of aromatic nitrogens is 3. The number of rotatable bonds is 8. The van der Waals surface area contributed by atoms with Crippen LogP contribution in [0.3, 0.4) is 0 Å². The Bertz CT molecular complexity index is 957. The molecule has 0 saturated carbocycles. The van der Waals surface area contributed by atoms with Crippen LogP contribution >= 0.6 is 0 Å². The Morgan fingerprint density at radius 3 is 2.82 bits per heavy atom. The van der Waals surface area contributed by atoms with Crippen LogP contribution in [0.25, 0.3) is 11.4 Å². The predicted octanol–water partition coefficient (Wildman–Crippen LogP) is 2.43. The molecule has 28 heavy (non-hydrogen) atoms. The largest absolute Gasteiger partial charge is 0.494 e. The Morgan fingerprint density at radius 1 is 1.21 bits per heavy atom. The van der Waals surface area contributed by atoms with Gasteiger partial charge in [-0.25, -0.2) is 0 Å². The molecular weight excluding hydrogens is 362 g/mol. The van der Waals surface area contributed by atoms with E-state index in [0.717, 1.165) is 0 Å². The fourth-order valence-electron chi connectivity index (χ4n) is 2.65. The minimum atomic E-state index is -0.244.